The van der Waals surface area contributed by atoms with Crippen molar-refractivity contribution in [1.29, 1.82) is 0 Å². The molecular weight excluding hydrogens is 306 g/mol. The lowest BCUT2D eigenvalue weighted by atomic mass is 10.2. The zero-order valence-electron chi connectivity index (χ0n) is 8.79. The highest BCUT2D eigenvalue weighted by Gasteiger charge is 2.04. The molecule has 1 nitrogen and oxygen atoms in total. The Labute approximate surface area is 112 Å². The molecule has 0 unspecified atom stereocenters. The van der Waals surface area contributed by atoms with Crippen molar-refractivity contribution in [3.8, 4) is 5.75 Å². The maximum atomic E-state index is 13.3. The molecule has 0 heterocycles. The van der Waals surface area contributed by atoms with Crippen LogP contribution in [0.2, 0.25) is 5.02 Å². The average Bonchev–Trinajstić information content (AvgIpc) is 2.30. The molecule has 0 saturated carbocycles. The molecule has 0 N–H and O–H groups in total. The van der Waals surface area contributed by atoms with Crippen molar-refractivity contribution >= 4 is 27.5 Å². The van der Waals surface area contributed by atoms with Gasteiger partial charge in [0.05, 0.1) is 4.47 Å². The summed E-state index contributed by atoms with van der Waals surface area (Å²) in [5, 5.41) is 0.620. The first-order valence-corrected chi connectivity index (χ1v) is 6.15. The number of benzene rings is 2. The highest BCUT2D eigenvalue weighted by molar-refractivity contribution is 9.10. The lowest BCUT2D eigenvalue weighted by Gasteiger charge is -2.09. The summed E-state index contributed by atoms with van der Waals surface area (Å²) in [5.41, 5.74) is 0.523. The van der Waals surface area contributed by atoms with E-state index in [0.29, 0.717) is 16.3 Å². The average molecular weight is 316 g/mol. The normalized spacial score (nSPS) is 10.3. The number of ether oxygens (including phenoxy) is 1. The van der Waals surface area contributed by atoms with Crippen molar-refractivity contribution in [2.24, 2.45) is 0 Å². The van der Waals surface area contributed by atoms with Gasteiger partial charge in [0.15, 0.2) is 0 Å². The first-order valence-electron chi connectivity index (χ1n) is 4.98. The van der Waals surface area contributed by atoms with Crippen molar-refractivity contribution in [1.82, 2.24) is 0 Å². The van der Waals surface area contributed by atoms with Gasteiger partial charge in [-0.25, -0.2) is 4.39 Å². The standard InChI is InChI=1S/C13H9BrClFO/c14-11-7-10(15)5-6-13(11)17-8-9-3-1-2-4-12(9)16/h1-7H,8H2. The van der Waals surface area contributed by atoms with E-state index in [4.69, 9.17) is 16.3 Å². The van der Waals surface area contributed by atoms with Crippen molar-refractivity contribution in [2.45, 2.75) is 6.61 Å². The molecule has 0 atom stereocenters. The van der Waals surface area contributed by atoms with E-state index in [1.165, 1.54) is 6.07 Å². The molecule has 2 aromatic carbocycles. The lowest BCUT2D eigenvalue weighted by molar-refractivity contribution is 0.298. The van der Waals surface area contributed by atoms with Gasteiger partial charge in [-0.2, -0.15) is 0 Å². The Bertz CT molecular complexity index is 531. The van der Waals surface area contributed by atoms with Gasteiger partial charge < -0.3 is 4.74 Å². The third kappa shape index (κ3) is 3.20. The quantitative estimate of drug-likeness (QED) is 0.789. The number of halogens is 3. The molecular formula is C13H9BrClFO. The summed E-state index contributed by atoms with van der Waals surface area (Å²) in [6.45, 7) is 0.187. The summed E-state index contributed by atoms with van der Waals surface area (Å²) in [5.74, 6) is 0.371. The van der Waals surface area contributed by atoms with E-state index in [-0.39, 0.29) is 12.4 Å². The van der Waals surface area contributed by atoms with Gasteiger partial charge in [-0.05, 0) is 40.2 Å². The van der Waals surface area contributed by atoms with Crippen LogP contribution < -0.4 is 4.74 Å². The molecule has 0 aliphatic heterocycles. The topological polar surface area (TPSA) is 9.23 Å². The minimum absolute atomic E-state index is 0.187. The summed E-state index contributed by atoms with van der Waals surface area (Å²) in [4.78, 5) is 0. The fourth-order valence-electron chi connectivity index (χ4n) is 1.36. The number of hydrogen-bond acceptors (Lipinski definition) is 1. The second-order valence-corrected chi connectivity index (χ2v) is 4.75. The van der Waals surface area contributed by atoms with E-state index in [9.17, 15) is 4.39 Å². The fraction of sp³-hybridized carbons (Fsp3) is 0.0769. The van der Waals surface area contributed by atoms with Crippen molar-refractivity contribution in [3.05, 3.63) is 63.3 Å². The Hall–Kier alpha value is -1.06. The van der Waals surface area contributed by atoms with Crippen molar-refractivity contribution in [3.63, 3.8) is 0 Å². The van der Waals surface area contributed by atoms with Crippen LogP contribution in [-0.4, -0.2) is 0 Å². The number of hydrogen-bond donors (Lipinski definition) is 0. The Morgan fingerprint density at radius 2 is 1.94 bits per heavy atom. The van der Waals surface area contributed by atoms with Crippen LogP contribution in [0.3, 0.4) is 0 Å². The SMILES string of the molecule is Fc1ccccc1COc1ccc(Cl)cc1Br. The molecule has 2 rings (SSSR count). The van der Waals surface area contributed by atoms with Crippen LogP contribution in [-0.2, 0) is 6.61 Å². The minimum Gasteiger partial charge on any atom is -0.488 e. The van der Waals surface area contributed by atoms with Gasteiger partial charge in [-0.15, -0.1) is 0 Å². The van der Waals surface area contributed by atoms with E-state index in [1.807, 2.05) is 0 Å². The Morgan fingerprint density at radius 1 is 1.18 bits per heavy atom. The summed E-state index contributed by atoms with van der Waals surface area (Å²) in [6.07, 6.45) is 0. The maximum Gasteiger partial charge on any atom is 0.134 e. The third-order valence-electron chi connectivity index (χ3n) is 2.23. The smallest absolute Gasteiger partial charge is 0.134 e. The van der Waals surface area contributed by atoms with Gasteiger partial charge in [0.25, 0.3) is 0 Å². The highest BCUT2D eigenvalue weighted by Crippen LogP contribution is 2.28. The molecule has 88 valence electrons. The van der Waals surface area contributed by atoms with E-state index in [1.54, 1.807) is 36.4 Å². The first-order chi connectivity index (χ1) is 8.16. The van der Waals surface area contributed by atoms with E-state index in [2.05, 4.69) is 15.9 Å². The monoisotopic (exact) mass is 314 g/mol. The van der Waals surface area contributed by atoms with E-state index in [0.717, 1.165) is 4.47 Å². The Morgan fingerprint density at radius 3 is 2.65 bits per heavy atom. The van der Waals surface area contributed by atoms with E-state index >= 15 is 0 Å². The number of rotatable bonds is 3. The summed E-state index contributed by atoms with van der Waals surface area (Å²) in [7, 11) is 0. The maximum absolute atomic E-state index is 13.3. The Kier molecular flexibility index (Phi) is 4.02. The molecule has 0 radical (unpaired) electrons. The van der Waals surface area contributed by atoms with Gasteiger partial charge in [-0.3, -0.25) is 0 Å². The second-order valence-electron chi connectivity index (χ2n) is 3.45. The molecule has 17 heavy (non-hydrogen) atoms. The van der Waals surface area contributed by atoms with Crippen molar-refractivity contribution < 1.29 is 9.13 Å². The molecule has 0 fully saturated rings. The van der Waals surface area contributed by atoms with Crippen LogP contribution in [0.4, 0.5) is 4.39 Å². The van der Waals surface area contributed by atoms with Crippen LogP contribution in [0.15, 0.2) is 46.9 Å². The zero-order valence-corrected chi connectivity index (χ0v) is 11.1. The third-order valence-corrected chi connectivity index (χ3v) is 3.09. The van der Waals surface area contributed by atoms with Gasteiger partial charge in [-0.1, -0.05) is 29.8 Å². The molecule has 4 heteroatoms. The summed E-state index contributed by atoms with van der Waals surface area (Å²) < 4.78 is 19.6. The predicted molar refractivity (Wildman–Crippen MR) is 69.9 cm³/mol. The zero-order chi connectivity index (χ0) is 12.3. The molecule has 2 aromatic rings. The molecule has 0 aromatic heterocycles. The highest BCUT2D eigenvalue weighted by atomic mass is 79.9. The van der Waals surface area contributed by atoms with Crippen LogP contribution in [0.5, 0.6) is 5.75 Å². The molecule has 0 amide bonds. The van der Waals surface area contributed by atoms with Crippen molar-refractivity contribution in [2.75, 3.05) is 0 Å². The summed E-state index contributed by atoms with van der Waals surface area (Å²) >= 11 is 9.15. The molecule has 0 saturated heterocycles. The van der Waals surface area contributed by atoms with Gasteiger partial charge >= 0.3 is 0 Å². The van der Waals surface area contributed by atoms with Crippen LogP contribution >= 0.6 is 27.5 Å². The molecule has 0 aliphatic rings. The molecule has 0 aliphatic carbocycles. The van der Waals surface area contributed by atoms with Crippen LogP contribution in [0.1, 0.15) is 5.56 Å². The van der Waals surface area contributed by atoms with E-state index < -0.39 is 0 Å². The lowest BCUT2D eigenvalue weighted by Crippen LogP contribution is -1.98. The van der Waals surface area contributed by atoms with Gasteiger partial charge in [0.2, 0.25) is 0 Å². The molecule has 0 spiro atoms. The van der Waals surface area contributed by atoms with Crippen LogP contribution in [0.25, 0.3) is 0 Å². The van der Waals surface area contributed by atoms with Gasteiger partial charge in [0, 0.05) is 10.6 Å². The minimum atomic E-state index is -0.266. The van der Waals surface area contributed by atoms with Crippen LogP contribution in [0, 0.1) is 5.82 Å². The largest absolute Gasteiger partial charge is 0.488 e. The molecule has 0 bridgehead atoms. The second kappa shape index (κ2) is 5.52. The first kappa shape index (κ1) is 12.4. The van der Waals surface area contributed by atoms with Gasteiger partial charge in [0.1, 0.15) is 18.2 Å². The predicted octanol–water partition coefficient (Wildman–Crippen LogP) is 4.82. The fourth-order valence-corrected chi connectivity index (χ4v) is 2.16. The summed E-state index contributed by atoms with van der Waals surface area (Å²) in [6, 6.07) is 11.7. The Balaban J connectivity index is 2.10.